The number of benzene rings is 2. The summed E-state index contributed by atoms with van der Waals surface area (Å²) in [6.07, 6.45) is 8.01. The molecule has 2 unspecified atom stereocenters. The molecule has 2 atom stereocenters. The molecular formula is C41H42N8O2S2. The molecule has 270 valence electrons. The third kappa shape index (κ3) is 9.32. The van der Waals surface area contributed by atoms with Gasteiger partial charge in [-0.3, -0.25) is 10.1 Å². The Hall–Kier alpha value is -5.46. The number of urea groups is 1. The van der Waals surface area contributed by atoms with E-state index in [9.17, 15) is 9.59 Å². The summed E-state index contributed by atoms with van der Waals surface area (Å²) in [5, 5.41) is 12.1. The molecule has 0 aliphatic carbocycles. The first kappa shape index (κ1) is 35.9. The molecule has 0 saturated carbocycles. The molecule has 1 aliphatic heterocycles. The number of imide groups is 1. The zero-order valence-electron chi connectivity index (χ0n) is 29.7. The molecule has 1 aliphatic rings. The van der Waals surface area contributed by atoms with Crippen LogP contribution in [0, 0.1) is 0 Å². The first-order valence-corrected chi connectivity index (χ1v) is 19.5. The van der Waals surface area contributed by atoms with Crippen molar-refractivity contribution in [3.05, 3.63) is 130 Å². The lowest BCUT2D eigenvalue weighted by Crippen LogP contribution is -2.52. The molecule has 53 heavy (non-hydrogen) atoms. The minimum atomic E-state index is -1.16. The highest BCUT2D eigenvalue weighted by molar-refractivity contribution is 7.15. The SMILES string of the molecule is CC(CC1(CC(C)Nc2nccc(-c3ccc(CCc4ccccc4)s3)n2)NC(=O)NC1=O)Nc1nccc(-c2ccc(CCc3ccccc3)s2)n1. The van der Waals surface area contributed by atoms with Gasteiger partial charge in [-0.15, -0.1) is 22.7 Å². The van der Waals surface area contributed by atoms with Gasteiger partial charge >= 0.3 is 6.03 Å². The van der Waals surface area contributed by atoms with Gasteiger partial charge in [0.2, 0.25) is 11.9 Å². The molecule has 4 N–H and O–H groups in total. The molecule has 5 heterocycles. The second-order valence-electron chi connectivity index (χ2n) is 13.5. The van der Waals surface area contributed by atoms with Gasteiger partial charge in [-0.1, -0.05) is 60.7 Å². The lowest BCUT2D eigenvalue weighted by Gasteiger charge is -2.32. The fraction of sp³-hybridized carbons (Fsp3) is 0.268. The third-order valence-corrected chi connectivity index (χ3v) is 11.6. The molecule has 0 spiro atoms. The third-order valence-electron chi connectivity index (χ3n) is 9.22. The van der Waals surface area contributed by atoms with Crippen LogP contribution < -0.4 is 21.3 Å². The van der Waals surface area contributed by atoms with Gasteiger partial charge in [0, 0.05) is 34.2 Å². The number of amides is 3. The summed E-state index contributed by atoms with van der Waals surface area (Å²) in [6, 6.07) is 32.3. The van der Waals surface area contributed by atoms with E-state index in [1.807, 2.05) is 38.1 Å². The Morgan fingerprint density at radius 3 is 1.53 bits per heavy atom. The molecule has 2 aromatic carbocycles. The number of thiophene rings is 2. The van der Waals surface area contributed by atoms with E-state index in [4.69, 9.17) is 9.97 Å². The molecule has 3 amide bonds. The Balaban J connectivity index is 0.969. The van der Waals surface area contributed by atoms with Crippen molar-refractivity contribution in [3.63, 3.8) is 0 Å². The lowest BCUT2D eigenvalue weighted by atomic mass is 9.85. The summed E-state index contributed by atoms with van der Waals surface area (Å²) in [6.45, 7) is 3.92. The van der Waals surface area contributed by atoms with Crippen LogP contribution in [0.4, 0.5) is 16.7 Å². The number of nitrogens with one attached hydrogen (secondary N) is 4. The topological polar surface area (TPSA) is 134 Å². The summed E-state index contributed by atoms with van der Waals surface area (Å²) in [7, 11) is 0. The molecule has 0 bridgehead atoms. The standard InChI is InChI=1S/C41H42N8O2S2/c1-27(44-38-42-23-21-33(46-38)35-19-17-31(52-35)15-13-29-9-5-3-6-10-29)25-41(37(50)48-40(51)49-41)26-28(2)45-39-43-24-22-34(47-39)36-20-18-32(53-36)16-14-30-11-7-4-8-12-30/h3-12,17-24,27-28H,13-16,25-26H2,1-2H3,(H,42,44,46)(H,43,45,47)(H2,48,49,50,51). The van der Waals surface area contributed by atoms with E-state index in [1.165, 1.54) is 20.9 Å². The largest absolute Gasteiger partial charge is 0.352 e. The summed E-state index contributed by atoms with van der Waals surface area (Å²) >= 11 is 3.47. The van der Waals surface area contributed by atoms with Crippen molar-refractivity contribution >= 4 is 46.5 Å². The van der Waals surface area contributed by atoms with E-state index in [0.717, 1.165) is 46.8 Å². The van der Waals surface area contributed by atoms with E-state index >= 15 is 0 Å². The summed E-state index contributed by atoms with van der Waals surface area (Å²) in [5.41, 5.74) is 3.14. The average Bonchev–Trinajstić information content (AvgIpc) is 3.90. The Morgan fingerprint density at radius 1 is 0.623 bits per heavy atom. The summed E-state index contributed by atoms with van der Waals surface area (Å²) < 4.78 is 0. The van der Waals surface area contributed by atoms with Gasteiger partial charge in [-0.25, -0.2) is 24.7 Å². The maximum atomic E-state index is 13.3. The van der Waals surface area contributed by atoms with Crippen molar-refractivity contribution in [1.29, 1.82) is 0 Å². The van der Waals surface area contributed by atoms with Crippen LogP contribution in [-0.2, 0) is 30.5 Å². The van der Waals surface area contributed by atoms with Crippen molar-refractivity contribution in [2.45, 2.75) is 70.0 Å². The molecule has 10 nitrogen and oxygen atoms in total. The van der Waals surface area contributed by atoms with E-state index in [1.54, 1.807) is 35.1 Å². The second kappa shape index (κ2) is 16.5. The zero-order chi connectivity index (χ0) is 36.6. The fourth-order valence-corrected chi connectivity index (χ4v) is 8.70. The first-order valence-electron chi connectivity index (χ1n) is 17.9. The number of anilines is 2. The van der Waals surface area contributed by atoms with Crippen LogP contribution in [0.2, 0.25) is 0 Å². The van der Waals surface area contributed by atoms with Gasteiger partial charge in [0.25, 0.3) is 5.91 Å². The van der Waals surface area contributed by atoms with E-state index < -0.39 is 11.6 Å². The quantitative estimate of drug-likeness (QED) is 0.0735. The minimum absolute atomic E-state index is 0.249. The Kier molecular flexibility index (Phi) is 11.2. The highest BCUT2D eigenvalue weighted by Crippen LogP contribution is 2.31. The fourth-order valence-electron chi connectivity index (χ4n) is 6.74. The normalized spacial score (nSPS) is 16.5. The van der Waals surface area contributed by atoms with Crippen molar-refractivity contribution in [1.82, 2.24) is 30.6 Å². The number of hydrogen-bond donors (Lipinski definition) is 4. The number of aromatic nitrogens is 4. The van der Waals surface area contributed by atoms with E-state index in [0.29, 0.717) is 24.7 Å². The highest BCUT2D eigenvalue weighted by Gasteiger charge is 2.47. The van der Waals surface area contributed by atoms with Gasteiger partial charge < -0.3 is 16.0 Å². The van der Waals surface area contributed by atoms with Crippen LogP contribution in [-0.4, -0.2) is 49.5 Å². The van der Waals surface area contributed by atoms with Gasteiger partial charge in [0.15, 0.2) is 0 Å². The molecule has 1 fully saturated rings. The predicted octanol–water partition coefficient (Wildman–Crippen LogP) is 7.95. The van der Waals surface area contributed by atoms with Crippen molar-refractivity contribution < 1.29 is 9.59 Å². The van der Waals surface area contributed by atoms with Crippen molar-refractivity contribution in [2.75, 3.05) is 10.6 Å². The second-order valence-corrected chi connectivity index (χ2v) is 15.9. The summed E-state index contributed by atoms with van der Waals surface area (Å²) in [5.74, 6) is 0.557. The molecular weight excluding hydrogens is 701 g/mol. The molecule has 0 radical (unpaired) electrons. The van der Waals surface area contributed by atoms with Crippen LogP contribution in [0.1, 0.15) is 47.6 Å². The number of aryl methyl sites for hydroxylation is 4. The number of carbonyl (C=O) groups excluding carboxylic acids is 2. The number of rotatable bonds is 16. The maximum Gasteiger partial charge on any atom is 0.322 e. The van der Waals surface area contributed by atoms with Crippen LogP contribution in [0.15, 0.2) is 109 Å². The number of carbonyl (C=O) groups is 2. The van der Waals surface area contributed by atoms with Crippen molar-refractivity contribution in [2.24, 2.45) is 0 Å². The van der Waals surface area contributed by atoms with E-state index in [2.05, 4.69) is 104 Å². The molecule has 4 aromatic heterocycles. The van der Waals surface area contributed by atoms with Crippen LogP contribution in [0.5, 0.6) is 0 Å². The molecule has 12 heteroatoms. The summed E-state index contributed by atoms with van der Waals surface area (Å²) in [4.78, 5) is 49.1. The smallest absolute Gasteiger partial charge is 0.322 e. The van der Waals surface area contributed by atoms with Crippen LogP contribution >= 0.6 is 22.7 Å². The molecule has 7 rings (SSSR count). The Bertz CT molecular complexity index is 2020. The van der Waals surface area contributed by atoms with Crippen LogP contribution in [0.25, 0.3) is 21.1 Å². The number of nitrogens with zero attached hydrogens (tertiary/aromatic N) is 4. The Labute approximate surface area is 317 Å². The first-order chi connectivity index (χ1) is 25.8. The van der Waals surface area contributed by atoms with Gasteiger partial charge in [0.05, 0.1) is 21.1 Å². The average molecular weight is 743 g/mol. The highest BCUT2D eigenvalue weighted by atomic mass is 32.1. The lowest BCUT2D eigenvalue weighted by molar-refractivity contribution is -0.124. The minimum Gasteiger partial charge on any atom is -0.352 e. The molecule has 6 aromatic rings. The Morgan fingerprint density at radius 2 is 1.09 bits per heavy atom. The van der Waals surface area contributed by atoms with Crippen LogP contribution in [0.3, 0.4) is 0 Å². The monoisotopic (exact) mass is 742 g/mol. The van der Waals surface area contributed by atoms with Gasteiger partial charge in [0.1, 0.15) is 5.54 Å². The van der Waals surface area contributed by atoms with Gasteiger partial charge in [-0.05, 0) is 99.9 Å². The maximum absolute atomic E-state index is 13.3. The zero-order valence-corrected chi connectivity index (χ0v) is 31.3. The molecule has 1 saturated heterocycles. The van der Waals surface area contributed by atoms with Gasteiger partial charge in [-0.2, -0.15) is 0 Å². The predicted molar refractivity (Wildman–Crippen MR) is 213 cm³/mol. The van der Waals surface area contributed by atoms with E-state index in [-0.39, 0.29) is 18.0 Å². The number of hydrogen-bond acceptors (Lipinski definition) is 10. The van der Waals surface area contributed by atoms with Crippen molar-refractivity contribution in [3.8, 4) is 21.1 Å².